The molecule has 1 saturated heterocycles. The topological polar surface area (TPSA) is 25.4 Å². The van der Waals surface area contributed by atoms with Gasteiger partial charge in [-0.15, -0.1) is 11.6 Å². The van der Waals surface area contributed by atoms with Crippen LogP contribution in [0.2, 0.25) is 0 Å². The van der Waals surface area contributed by atoms with E-state index in [9.17, 15) is 0 Å². The van der Waals surface area contributed by atoms with E-state index in [1.807, 2.05) is 12.3 Å². The molecule has 1 aromatic heterocycles. The van der Waals surface area contributed by atoms with Crippen LogP contribution in [0.3, 0.4) is 0 Å². The molecule has 1 aliphatic heterocycles. The fraction of sp³-hybridized carbons (Fsp3) is 0.545. The van der Waals surface area contributed by atoms with Gasteiger partial charge in [0.25, 0.3) is 0 Å². The maximum absolute atomic E-state index is 5.80. The van der Waals surface area contributed by atoms with Crippen molar-refractivity contribution in [3.8, 4) is 0 Å². The number of rotatable bonds is 2. The maximum Gasteiger partial charge on any atom is 0.129 e. The van der Waals surface area contributed by atoms with Gasteiger partial charge in [-0.1, -0.05) is 0 Å². The SMILES string of the molecule is CC1COCCN1c1cc(CCl)ccn1. The van der Waals surface area contributed by atoms with Crippen LogP contribution in [0.25, 0.3) is 0 Å². The first-order valence-electron chi connectivity index (χ1n) is 5.16. The molecule has 1 atom stereocenters. The van der Waals surface area contributed by atoms with Gasteiger partial charge in [-0.3, -0.25) is 0 Å². The molecule has 0 saturated carbocycles. The van der Waals surface area contributed by atoms with Crippen LogP contribution in [0.4, 0.5) is 5.82 Å². The van der Waals surface area contributed by atoms with Crippen molar-refractivity contribution in [2.45, 2.75) is 18.8 Å². The summed E-state index contributed by atoms with van der Waals surface area (Å²) < 4.78 is 5.39. The summed E-state index contributed by atoms with van der Waals surface area (Å²) in [5, 5.41) is 0. The van der Waals surface area contributed by atoms with Gasteiger partial charge in [0.15, 0.2) is 0 Å². The zero-order chi connectivity index (χ0) is 10.7. The summed E-state index contributed by atoms with van der Waals surface area (Å²) in [5.74, 6) is 1.54. The number of halogens is 1. The minimum Gasteiger partial charge on any atom is -0.377 e. The van der Waals surface area contributed by atoms with E-state index in [0.717, 1.165) is 31.1 Å². The molecule has 0 aromatic carbocycles. The van der Waals surface area contributed by atoms with Crippen LogP contribution in [0.15, 0.2) is 18.3 Å². The quantitative estimate of drug-likeness (QED) is 0.722. The lowest BCUT2D eigenvalue weighted by atomic mass is 10.2. The molecule has 2 heterocycles. The van der Waals surface area contributed by atoms with E-state index in [-0.39, 0.29) is 0 Å². The number of hydrogen-bond acceptors (Lipinski definition) is 3. The van der Waals surface area contributed by atoms with Gasteiger partial charge >= 0.3 is 0 Å². The molecule has 4 heteroatoms. The summed E-state index contributed by atoms with van der Waals surface area (Å²) in [6.45, 7) is 4.60. The standard InChI is InChI=1S/C11H15ClN2O/c1-9-8-15-5-4-14(9)11-6-10(7-12)2-3-13-11/h2-3,6,9H,4-5,7-8H2,1H3. The number of aromatic nitrogens is 1. The molecule has 1 aromatic rings. The first-order valence-corrected chi connectivity index (χ1v) is 5.70. The minimum absolute atomic E-state index is 0.386. The fourth-order valence-electron chi connectivity index (χ4n) is 1.77. The van der Waals surface area contributed by atoms with Crippen LogP contribution < -0.4 is 4.90 Å². The molecule has 82 valence electrons. The van der Waals surface area contributed by atoms with Crippen molar-refractivity contribution in [1.29, 1.82) is 0 Å². The lowest BCUT2D eigenvalue weighted by Crippen LogP contribution is -2.44. The van der Waals surface area contributed by atoms with E-state index in [4.69, 9.17) is 16.3 Å². The van der Waals surface area contributed by atoms with Gasteiger partial charge in [0.1, 0.15) is 5.82 Å². The highest BCUT2D eigenvalue weighted by Gasteiger charge is 2.19. The third-order valence-electron chi connectivity index (χ3n) is 2.63. The second-order valence-electron chi connectivity index (χ2n) is 3.77. The molecule has 1 aliphatic rings. The summed E-state index contributed by atoms with van der Waals surface area (Å²) in [5.41, 5.74) is 1.11. The molecular weight excluding hydrogens is 212 g/mol. The molecule has 0 aliphatic carbocycles. The number of hydrogen-bond donors (Lipinski definition) is 0. The zero-order valence-electron chi connectivity index (χ0n) is 8.82. The van der Waals surface area contributed by atoms with Crippen molar-refractivity contribution < 1.29 is 4.74 Å². The van der Waals surface area contributed by atoms with Crippen molar-refractivity contribution in [2.24, 2.45) is 0 Å². The number of nitrogens with zero attached hydrogens (tertiary/aromatic N) is 2. The number of pyridine rings is 1. The summed E-state index contributed by atoms with van der Waals surface area (Å²) >= 11 is 5.80. The Morgan fingerprint density at radius 1 is 1.67 bits per heavy atom. The highest BCUT2D eigenvalue weighted by Crippen LogP contribution is 2.18. The van der Waals surface area contributed by atoms with Gasteiger partial charge in [-0.2, -0.15) is 0 Å². The van der Waals surface area contributed by atoms with Crippen LogP contribution >= 0.6 is 11.6 Å². The van der Waals surface area contributed by atoms with Crippen LogP contribution in [-0.4, -0.2) is 30.8 Å². The summed E-state index contributed by atoms with van der Waals surface area (Å²) in [4.78, 5) is 6.64. The number of anilines is 1. The van der Waals surface area contributed by atoms with Gasteiger partial charge in [0.05, 0.1) is 19.3 Å². The molecule has 15 heavy (non-hydrogen) atoms. The van der Waals surface area contributed by atoms with Gasteiger partial charge < -0.3 is 9.64 Å². The van der Waals surface area contributed by atoms with Crippen LogP contribution in [-0.2, 0) is 10.6 Å². The third kappa shape index (κ3) is 2.41. The highest BCUT2D eigenvalue weighted by molar-refractivity contribution is 6.17. The Balaban J connectivity index is 2.19. The largest absolute Gasteiger partial charge is 0.377 e. The predicted octanol–water partition coefficient (Wildman–Crippen LogP) is 2.05. The molecule has 0 bridgehead atoms. The molecule has 1 unspecified atom stereocenters. The number of ether oxygens (including phenoxy) is 1. The molecule has 1 fully saturated rings. The summed E-state index contributed by atoms with van der Waals surface area (Å²) in [7, 11) is 0. The predicted molar refractivity (Wildman–Crippen MR) is 61.4 cm³/mol. The second kappa shape index (κ2) is 4.81. The summed E-state index contributed by atoms with van der Waals surface area (Å²) in [6.07, 6.45) is 1.81. The number of alkyl halides is 1. The van der Waals surface area contributed by atoms with E-state index < -0.39 is 0 Å². The number of morpholine rings is 1. The van der Waals surface area contributed by atoms with Crippen molar-refractivity contribution in [2.75, 3.05) is 24.7 Å². The fourth-order valence-corrected chi connectivity index (χ4v) is 1.93. The van der Waals surface area contributed by atoms with Crippen LogP contribution in [0, 0.1) is 0 Å². The Bertz CT molecular complexity index is 332. The molecule has 3 nitrogen and oxygen atoms in total. The summed E-state index contributed by atoms with van der Waals surface area (Å²) in [6, 6.07) is 4.38. The molecular formula is C11H15ClN2O. The smallest absolute Gasteiger partial charge is 0.129 e. The molecule has 0 N–H and O–H groups in total. The van der Waals surface area contributed by atoms with Gasteiger partial charge in [0, 0.05) is 18.6 Å². The zero-order valence-corrected chi connectivity index (χ0v) is 9.57. The Labute approximate surface area is 95.0 Å². The highest BCUT2D eigenvalue weighted by atomic mass is 35.5. The Morgan fingerprint density at radius 2 is 2.53 bits per heavy atom. The van der Waals surface area contributed by atoms with E-state index >= 15 is 0 Å². The van der Waals surface area contributed by atoms with Gasteiger partial charge in [-0.05, 0) is 24.6 Å². The normalized spacial score (nSPS) is 21.7. The lowest BCUT2D eigenvalue weighted by molar-refractivity contribution is 0.0985. The Kier molecular flexibility index (Phi) is 3.44. The van der Waals surface area contributed by atoms with E-state index in [0.29, 0.717) is 11.9 Å². The third-order valence-corrected chi connectivity index (χ3v) is 2.93. The van der Waals surface area contributed by atoms with Crippen molar-refractivity contribution in [3.63, 3.8) is 0 Å². The average molecular weight is 227 g/mol. The maximum atomic E-state index is 5.80. The van der Waals surface area contributed by atoms with Crippen LogP contribution in [0.1, 0.15) is 12.5 Å². The van der Waals surface area contributed by atoms with E-state index in [1.54, 1.807) is 0 Å². The molecule has 2 rings (SSSR count). The molecule has 0 radical (unpaired) electrons. The molecule has 0 spiro atoms. The van der Waals surface area contributed by atoms with Crippen molar-refractivity contribution >= 4 is 17.4 Å². The average Bonchev–Trinajstić information content (AvgIpc) is 2.30. The monoisotopic (exact) mass is 226 g/mol. The second-order valence-corrected chi connectivity index (χ2v) is 4.04. The van der Waals surface area contributed by atoms with E-state index in [1.165, 1.54) is 0 Å². The Hall–Kier alpha value is -0.800. The van der Waals surface area contributed by atoms with E-state index in [2.05, 4.69) is 22.9 Å². The van der Waals surface area contributed by atoms with Crippen molar-refractivity contribution in [1.82, 2.24) is 4.98 Å². The minimum atomic E-state index is 0.386. The Morgan fingerprint density at radius 3 is 3.27 bits per heavy atom. The first-order chi connectivity index (χ1) is 7.31. The molecule has 0 amide bonds. The lowest BCUT2D eigenvalue weighted by Gasteiger charge is -2.34. The van der Waals surface area contributed by atoms with Crippen molar-refractivity contribution in [3.05, 3.63) is 23.9 Å². The van der Waals surface area contributed by atoms with Gasteiger partial charge in [0.2, 0.25) is 0 Å². The van der Waals surface area contributed by atoms with Crippen LogP contribution in [0.5, 0.6) is 0 Å². The van der Waals surface area contributed by atoms with Gasteiger partial charge in [-0.25, -0.2) is 4.98 Å². The first kappa shape index (κ1) is 10.7.